The number of nitrogens with two attached hydrogens (primary N) is 1. The highest BCUT2D eigenvalue weighted by Crippen LogP contribution is 2.33. The van der Waals surface area contributed by atoms with Crippen molar-refractivity contribution < 1.29 is 13.2 Å². The Morgan fingerprint density at radius 3 is 2.65 bits per heavy atom. The SMILES string of the molecule is CNS(=O)(=O)c1ccc(SC2COC2)c(N)c1. The molecule has 1 aromatic carbocycles. The number of nitrogen functional groups attached to an aromatic ring is 1. The van der Waals surface area contributed by atoms with Crippen LogP contribution >= 0.6 is 11.8 Å². The molecule has 5 nitrogen and oxygen atoms in total. The van der Waals surface area contributed by atoms with E-state index < -0.39 is 10.0 Å². The van der Waals surface area contributed by atoms with E-state index in [1.165, 1.54) is 13.1 Å². The summed E-state index contributed by atoms with van der Waals surface area (Å²) in [4.78, 5) is 1.08. The second-order valence-corrected chi connectivity index (χ2v) is 6.91. The Balaban J connectivity index is 2.22. The highest BCUT2D eigenvalue weighted by atomic mass is 32.2. The lowest BCUT2D eigenvalue weighted by molar-refractivity contribution is 0.0455. The van der Waals surface area contributed by atoms with Crippen molar-refractivity contribution in [2.24, 2.45) is 0 Å². The van der Waals surface area contributed by atoms with Gasteiger partial charge < -0.3 is 10.5 Å². The van der Waals surface area contributed by atoms with Gasteiger partial charge in [-0.2, -0.15) is 0 Å². The Kier molecular flexibility index (Phi) is 3.62. The second kappa shape index (κ2) is 4.85. The van der Waals surface area contributed by atoms with Crippen LogP contribution in [0.25, 0.3) is 0 Å². The molecule has 2 rings (SSSR count). The van der Waals surface area contributed by atoms with Crippen molar-refractivity contribution in [2.45, 2.75) is 15.0 Å². The van der Waals surface area contributed by atoms with Crippen LogP contribution in [0.1, 0.15) is 0 Å². The van der Waals surface area contributed by atoms with E-state index in [0.29, 0.717) is 10.9 Å². The number of sulfonamides is 1. The molecule has 94 valence electrons. The number of thioether (sulfide) groups is 1. The van der Waals surface area contributed by atoms with Crippen molar-refractivity contribution in [3.63, 3.8) is 0 Å². The molecule has 0 aromatic heterocycles. The normalized spacial score (nSPS) is 16.8. The van der Waals surface area contributed by atoms with Gasteiger partial charge in [0.1, 0.15) is 0 Å². The van der Waals surface area contributed by atoms with Crippen LogP contribution in [0.4, 0.5) is 5.69 Å². The van der Waals surface area contributed by atoms with Crippen molar-refractivity contribution in [1.82, 2.24) is 4.72 Å². The second-order valence-electron chi connectivity index (χ2n) is 3.68. The number of benzene rings is 1. The van der Waals surface area contributed by atoms with Crippen molar-refractivity contribution in [2.75, 3.05) is 26.0 Å². The first-order valence-corrected chi connectivity index (χ1v) is 7.46. The van der Waals surface area contributed by atoms with E-state index in [-0.39, 0.29) is 4.90 Å². The summed E-state index contributed by atoms with van der Waals surface area (Å²) in [7, 11) is -2.05. The fourth-order valence-corrected chi connectivity index (χ4v) is 3.17. The summed E-state index contributed by atoms with van der Waals surface area (Å²) in [6.45, 7) is 1.45. The number of hydrogen-bond donors (Lipinski definition) is 2. The van der Waals surface area contributed by atoms with Crippen LogP contribution in [0.15, 0.2) is 28.0 Å². The first-order chi connectivity index (χ1) is 8.03. The largest absolute Gasteiger partial charge is 0.398 e. The zero-order valence-corrected chi connectivity index (χ0v) is 11.0. The van der Waals surface area contributed by atoms with Gasteiger partial charge in [-0.05, 0) is 25.2 Å². The molecule has 0 bridgehead atoms. The predicted octanol–water partition coefficient (Wildman–Crippen LogP) is 0.668. The highest BCUT2D eigenvalue weighted by molar-refractivity contribution is 8.00. The number of nitrogens with one attached hydrogen (secondary N) is 1. The minimum absolute atomic E-state index is 0.187. The van der Waals surface area contributed by atoms with Crippen LogP contribution in [0.5, 0.6) is 0 Å². The Labute approximate surface area is 105 Å². The van der Waals surface area contributed by atoms with Crippen LogP contribution in [0, 0.1) is 0 Å². The monoisotopic (exact) mass is 274 g/mol. The maximum absolute atomic E-state index is 11.6. The fraction of sp³-hybridized carbons (Fsp3) is 0.400. The molecule has 1 aliphatic heterocycles. The van der Waals surface area contributed by atoms with Gasteiger partial charge in [0, 0.05) is 10.6 Å². The predicted molar refractivity (Wildman–Crippen MR) is 67.6 cm³/mol. The van der Waals surface area contributed by atoms with Gasteiger partial charge in [-0.1, -0.05) is 0 Å². The molecule has 1 saturated heterocycles. The van der Waals surface area contributed by atoms with Crippen LogP contribution in [0.3, 0.4) is 0 Å². The van der Waals surface area contributed by atoms with Crippen molar-refractivity contribution >= 4 is 27.5 Å². The van der Waals surface area contributed by atoms with E-state index in [1.807, 2.05) is 0 Å². The quantitative estimate of drug-likeness (QED) is 0.789. The average molecular weight is 274 g/mol. The highest BCUT2D eigenvalue weighted by Gasteiger charge is 2.21. The molecule has 0 unspecified atom stereocenters. The topological polar surface area (TPSA) is 81.4 Å². The summed E-state index contributed by atoms with van der Waals surface area (Å²) in [6.07, 6.45) is 0. The molecular weight excluding hydrogens is 260 g/mol. The zero-order valence-electron chi connectivity index (χ0n) is 9.34. The lowest BCUT2D eigenvalue weighted by Gasteiger charge is -2.25. The Morgan fingerprint density at radius 1 is 1.47 bits per heavy atom. The average Bonchev–Trinajstić information content (AvgIpc) is 2.25. The molecular formula is C10H14N2O3S2. The van der Waals surface area contributed by atoms with Crippen LogP contribution < -0.4 is 10.5 Å². The van der Waals surface area contributed by atoms with Gasteiger partial charge >= 0.3 is 0 Å². The molecule has 0 aliphatic carbocycles. The number of anilines is 1. The summed E-state index contributed by atoms with van der Waals surface area (Å²) >= 11 is 1.62. The van der Waals surface area contributed by atoms with E-state index >= 15 is 0 Å². The standard InChI is InChI=1S/C10H14N2O3S2/c1-12-17(13,14)8-2-3-10(9(11)4-8)16-7-5-15-6-7/h2-4,7,12H,5-6,11H2,1H3. The van der Waals surface area contributed by atoms with Gasteiger partial charge in [-0.15, -0.1) is 11.8 Å². The van der Waals surface area contributed by atoms with Gasteiger partial charge in [-0.3, -0.25) is 0 Å². The Hall–Kier alpha value is -0.760. The smallest absolute Gasteiger partial charge is 0.240 e. The number of ether oxygens (including phenoxy) is 1. The fourth-order valence-electron chi connectivity index (χ4n) is 1.38. The third-order valence-corrected chi connectivity index (χ3v) is 5.10. The maximum Gasteiger partial charge on any atom is 0.240 e. The molecule has 0 saturated carbocycles. The lowest BCUT2D eigenvalue weighted by Crippen LogP contribution is -2.30. The van der Waals surface area contributed by atoms with Gasteiger partial charge in [-0.25, -0.2) is 13.1 Å². The van der Waals surface area contributed by atoms with Crippen molar-refractivity contribution in [3.05, 3.63) is 18.2 Å². The summed E-state index contributed by atoms with van der Waals surface area (Å²) < 4.78 is 30.5. The van der Waals surface area contributed by atoms with Gasteiger partial charge in [0.2, 0.25) is 10.0 Å². The number of hydrogen-bond acceptors (Lipinski definition) is 5. The zero-order chi connectivity index (χ0) is 12.5. The van der Waals surface area contributed by atoms with Crippen LogP contribution in [-0.4, -0.2) is 33.9 Å². The number of rotatable bonds is 4. The van der Waals surface area contributed by atoms with Crippen molar-refractivity contribution in [3.8, 4) is 0 Å². The molecule has 0 amide bonds. The van der Waals surface area contributed by atoms with Crippen LogP contribution in [-0.2, 0) is 14.8 Å². The summed E-state index contributed by atoms with van der Waals surface area (Å²) in [5.74, 6) is 0. The lowest BCUT2D eigenvalue weighted by atomic mass is 10.3. The minimum Gasteiger partial charge on any atom is -0.398 e. The van der Waals surface area contributed by atoms with Gasteiger partial charge in [0.25, 0.3) is 0 Å². The Morgan fingerprint density at radius 2 is 2.18 bits per heavy atom. The maximum atomic E-state index is 11.6. The molecule has 1 heterocycles. The van der Waals surface area contributed by atoms with E-state index in [4.69, 9.17) is 10.5 Å². The Bertz CT molecular complexity index is 512. The minimum atomic E-state index is -3.42. The third kappa shape index (κ3) is 2.74. The van der Waals surface area contributed by atoms with E-state index in [2.05, 4.69) is 4.72 Å². The van der Waals surface area contributed by atoms with Crippen LogP contribution in [0.2, 0.25) is 0 Å². The summed E-state index contributed by atoms with van der Waals surface area (Å²) in [6, 6.07) is 4.78. The molecule has 7 heteroatoms. The molecule has 3 N–H and O–H groups in total. The molecule has 1 aliphatic rings. The van der Waals surface area contributed by atoms with E-state index in [0.717, 1.165) is 18.1 Å². The van der Waals surface area contributed by atoms with Gasteiger partial charge in [0.15, 0.2) is 0 Å². The summed E-state index contributed by atoms with van der Waals surface area (Å²) in [5.41, 5.74) is 6.33. The van der Waals surface area contributed by atoms with Gasteiger partial charge in [0.05, 0.1) is 23.4 Å². The molecule has 0 spiro atoms. The summed E-state index contributed by atoms with van der Waals surface area (Å²) in [5, 5.41) is 0.420. The molecule has 17 heavy (non-hydrogen) atoms. The molecule has 1 aromatic rings. The molecule has 1 fully saturated rings. The molecule has 0 radical (unpaired) electrons. The first kappa shape index (κ1) is 12.7. The van der Waals surface area contributed by atoms with E-state index in [1.54, 1.807) is 23.9 Å². The van der Waals surface area contributed by atoms with E-state index in [9.17, 15) is 8.42 Å². The van der Waals surface area contributed by atoms with Crippen molar-refractivity contribution in [1.29, 1.82) is 0 Å². The third-order valence-electron chi connectivity index (χ3n) is 2.46. The molecule has 0 atom stereocenters. The first-order valence-electron chi connectivity index (χ1n) is 5.10.